The molecule has 1 heterocycles. The van der Waals surface area contributed by atoms with Gasteiger partial charge in [0.1, 0.15) is 11.5 Å². The fraction of sp³-hybridized carbons (Fsp3) is 0.150. The Morgan fingerprint density at radius 3 is 2.35 bits per heavy atom. The Labute approximate surface area is 157 Å². The van der Waals surface area contributed by atoms with E-state index in [1.54, 1.807) is 30.5 Å². The molecule has 0 saturated heterocycles. The molecule has 0 aliphatic carbocycles. The highest BCUT2D eigenvalue weighted by molar-refractivity contribution is 6.30. The molecule has 0 unspecified atom stereocenters. The number of nitrogens with zero attached hydrogens (tertiary/aromatic N) is 2. The van der Waals surface area contributed by atoms with Crippen molar-refractivity contribution in [1.29, 1.82) is 0 Å². The highest BCUT2D eigenvalue weighted by Gasteiger charge is 2.10. The van der Waals surface area contributed by atoms with Crippen molar-refractivity contribution in [1.82, 2.24) is 9.97 Å². The largest absolute Gasteiger partial charge is 0.339 e. The zero-order valence-electron chi connectivity index (χ0n) is 14.8. The minimum atomic E-state index is -0.339. The fourth-order valence-electron chi connectivity index (χ4n) is 2.78. The lowest BCUT2D eigenvalue weighted by atomic mass is 10.1. The van der Waals surface area contributed by atoms with Crippen molar-refractivity contribution in [2.24, 2.45) is 0 Å². The van der Waals surface area contributed by atoms with Crippen LogP contribution in [0.2, 0.25) is 5.02 Å². The number of nitrogens with one attached hydrogen (secondary N) is 2. The summed E-state index contributed by atoms with van der Waals surface area (Å²) in [6, 6.07) is 11.2. The molecule has 3 aromatic rings. The molecule has 1 aromatic heterocycles. The second-order valence-electron chi connectivity index (χ2n) is 6.15. The van der Waals surface area contributed by atoms with Crippen LogP contribution in [-0.4, -0.2) is 15.9 Å². The summed E-state index contributed by atoms with van der Waals surface area (Å²) in [5.41, 5.74) is 5.31. The maximum atomic E-state index is 12.3. The van der Waals surface area contributed by atoms with E-state index in [-0.39, 0.29) is 11.6 Å². The second-order valence-corrected chi connectivity index (χ2v) is 6.59. The molecule has 26 heavy (non-hydrogen) atoms. The summed E-state index contributed by atoms with van der Waals surface area (Å²) in [7, 11) is 0. The number of aromatic nitrogens is 2. The van der Waals surface area contributed by atoms with Crippen molar-refractivity contribution in [2.45, 2.75) is 20.8 Å². The third kappa shape index (κ3) is 4.18. The molecule has 6 heteroatoms. The Kier molecular flexibility index (Phi) is 5.19. The summed E-state index contributed by atoms with van der Waals surface area (Å²) in [5.74, 6) is 0.244. The topological polar surface area (TPSA) is 66.9 Å². The fourth-order valence-corrected chi connectivity index (χ4v) is 2.97. The van der Waals surface area contributed by atoms with Crippen molar-refractivity contribution in [3.63, 3.8) is 0 Å². The normalized spacial score (nSPS) is 10.5. The van der Waals surface area contributed by atoms with Crippen LogP contribution in [0.5, 0.6) is 0 Å². The molecular weight excluding hydrogens is 348 g/mol. The molecular formula is C20H19ClN4O. The third-order valence-electron chi connectivity index (χ3n) is 3.90. The van der Waals surface area contributed by atoms with Crippen LogP contribution in [0.4, 0.5) is 17.2 Å². The van der Waals surface area contributed by atoms with Crippen molar-refractivity contribution < 1.29 is 4.79 Å². The highest BCUT2D eigenvalue weighted by Crippen LogP contribution is 2.24. The van der Waals surface area contributed by atoms with Crippen LogP contribution in [0.3, 0.4) is 0 Å². The molecule has 0 saturated carbocycles. The SMILES string of the molecule is Cc1cc(C)c(Nc2cnc(C(=O)Nc3cccc(Cl)c3)cn2)c(C)c1. The Morgan fingerprint density at radius 2 is 1.73 bits per heavy atom. The zero-order chi connectivity index (χ0) is 18.7. The first-order chi connectivity index (χ1) is 12.4. The van der Waals surface area contributed by atoms with Crippen LogP contribution in [-0.2, 0) is 0 Å². The van der Waals surface area contributed by atoms with Crippen molar-refractivity contribution in [3.05, 3.63) is 76.2 Å². The van der Waals surface area contributed by atoms with Gasteiger partial charge < -0.3 is 10.6 Å². The van der Waals surface area contributed by atoms with Gasteiger partial charge in [-0.05, 0) is 50.1 Å². The number of aryl methyl sites for hydroxylation is 3. The van der Waals surface area contributed by atoms with E-state index in [1.165, 1.54) is 11.8 Å². The summed E-state index contributed by atoms with van der Waals surface area (Å²) in [4.78, 5) is 20.8. The van der Waals surface area contributed by atoms with E-state index in [0.29, 0.717) is 16.5 Å². The van der Waals surface area contributed by atoms with Gasteiger partial charge in [0, 0.05) is 16.4 Å². The number of carbonyl (C=O) groups is 1. The van der Waals surface area contributed by atoms with Crippen LogP contribution >= 0.6 is 11.6 Å². The molecule has 0 aliphatic rings. The summed E-state index contributed by atoms with van der Waals surface area (Å²) in [5, 5.41) is 6.57. The van der Waals surface area contributed by atoms with Gasteiger partial charge in [0.2, 0.25) is 0 Å². The van der Waals surface area contributed by atoms with E-state index in [2.05, 4.69) is 39.7 Å². The third-order valence-corrected chi connectivity index (χ3v) is 4.13. The number of hydrogen-bond acceptors (Lipinski definition) is 4. The molecule has 5 nitrogen and oxygen atoms in total. The standard InChI is InChI=1S/C20H19ClN4O/c1-12-7-13(2)19(14(3)8-12)25-18-11-22-17(10-23-18)20(26)24-16-6-4-5-15(21)9-16/h4-11H,1-3H3,(H,23,25)(H,24,26). The average Bonchev–Trinajstić information content (AvgIpc) is 2.58. The molecule has 2 N–H and O–H groups in total. The van der Waals surface area contributed by atoms with Gasteiger partial charge in [-0.3, -0.25) is 4.79 Å². The van der Waals surface area contributed by atoms with Gasteiger partial charge in [-0.2, -0.15) is 0 Å². The Bertz CT molecular complexity index is 931. The lowest BCUT2D eigenvalue weighted by Crippen LogP contribution is -2.14. The number of rotatable bonds is 4. The first-order valence-electron chi connectivity index (χ1n) is 8.16. The first kappa shape index (κ1) is 17.9. The molecule has 0 spiro atoms. The van der Waals surface area contributed by atoms with Gasteiger partial charge in [-0.1, -0.05) is 35.4 Å². The van der Waals surface area contributed by atoms with E-state index < -0.39 is 0 Å². The van der Waals surface area contributed by atoms with E-state index in [0.717, 1.165) is 16.8 Å². The molecule has 1 amide bonds. The quantitative estimate of drug-likeness (QED) is 0.678. The van der Waals surface area contributed by atoms with Gasteiger partial charge in [-0.25, -0.2) is 9.97 Å². The van der Waals surface area contributed by atoms with Crippen LogP contribution in [0.15, 0.2) is 48.8 Å². The molecule has 3 rings (SSSR count). The minimum Gasteiger partial charge on any atom is -0.339 e. The lowest BCUT2D eigenvalue weighted by molar-refractivity contribution is 0.102. The second kappa shape index (κ2) is 7.54. The number of anilines is 3. The first-order valence-corrected chi connectivity index (χ1v) is 8.54. The molecule has 0 bridgehead atoms. The molecule has 0 radical (unpaired) electrons. The molecule has 2 aromatic carbocycles. The number of benzene rings is 2. The maximum Gasteiger partial charge on any atom is 0.275 e. The van der Waals surface area contributed by atoms with E-state index in [1.807, 2.05) is 13.8 Å². The molecule has 132 valence electrons. The number of carbonyl (C=O) groups excluding carboxylic acids is 1. The van der Waals surface area contributed by atoms with Crippen LogP contribution < -0.4 is 10.6 Å². The van der Waals surface area contributed by atoms with Crippen LogP contribution in [0.1, 0.15) is 27.2 Å². The molecule has 0 atom stereocenters. The zero-order valence-corrected chi connectivity index (χ0v) is 15.6. The van der Waals surface area contributed by atoms with Crippen molar-refractivity contribution in [2.75, 3.05) is 10.6 Å². The van der Waals surface area contributed by atoms with E-state index in [4.69, 9.17) is 11.6 Å². The van der Waals surface area contributed by atoms with Crippen LogP contribution in [0.25, 0.3) is 0 Å². The summed E-state index contributed by atoms with van der Waals surface area (Å²) in [6.45, 7) is 6.15. The molecule has 0 aliphatic heterocycles. The lowest BCUT2D eigenvalue weighted by Gasteiger charge is -2.13. The van der Waals surface area contributed by atoms with Gasteiger partial charge in [0.25, 0.3) is 5.91 Å². The van der Waals surface area contributed by atoms with Gasteiger partial charge in [0.05, 0.1) is 12.4 Å². The van der Waals surface area contributed by atoms with Gasteiger partial charge in [0.15, 0.2) is 0 Å². The number of halogens is 1. The number of hydrogen-bond donors (Lipinski definition) is 2. The summed E-state index contributed by atoms with van der Waals surface area (Å²) >= 11 is 5.92. The Balaban J connectivity index is 1.73. The minimum absolute atomic E-state index is 0.230. The monoisotopic (exact) mass is 366 g/mol. The summed E-state index contributed by atoms with van der Waals surface area (Å²) < 4.78 is 0. The van der Waals surface area contributed by atoms with E-state index >= 15 is 0 Å². The Morgan fingerprint density at radius 1 is 1.00 bits per heavy atom. The number of amides is 1. The van der Waals surface area contributed by atoms with Crippen molar-refractivity contribution >= 4 is 34.7 Å². The Hall–Kier alpha value is -2.92. The molecule has 0 fully saturated rings. The van der Waals surface area contributed by atoms with E-state index in [9.17, 15) is 4.79 Å². The predicted molar refractivity (Wildman–Crippen MR) is 105 cm³/mol. The predicted octanol–water partition coefficient (Wildman–Crippen LogP) is 5.05. The smallest absolute Gasteiger partial charge is 0.275 e. The van der Waals surface area contributed by atoms with Crippen molar-refractivity contribution in [3.8, 4) is 0 Å². The van der Waals surface area contributed by atoms with Gasteiger partial charge >= 0.3 is 0 Å². The summed E-state index contributed by atoms with van der Waals surface area (Å²) in [6.07, 6.45) is 2.99. The van der Waals surface area contributed by atoms with Gasteiger partial charge in [-0.15, -0.1) is 0 Å². The highest BCUT2D eigenvalue weighted by atomic mass is 35.5. The van der Waals surface area contributed by atoms with Crippen LogP contribution in [0, 0.1) is 20.8 Å². The average molecular weight is 367 g/mol. The maximum absolute atomic E-state index is 12.3.